The van der Waals surface area contributed by atoms with Crippen molar-refractivity contribution in [3.05, 3.63) is 35.1 Å². The molecule has 0 fully saturated rings. The fourth-order valence-electron chi connectivity index (χ4n) is 1.07. The summed E-state index contributed by atoms with van der Waals surface area (Å²) in [5.41, 5.74) is 0.936. The molecular weight excluding hydrogens is 191 g/mol. The molecule has 0 unspecified atom stereocenters. The van der Waals surface area contributed by atoms with Crippen LogP contribution in [0.5, 0.6) is 0 Å². The molecule has 0 saturated heterocycles. The molecular formula is C10H10ClFO. The lowest BCUT2D eigenvalue weighted by molar-refractivity contribution is 0.0985. The fourth-order valence-corrected chi connectivity index (χ4v) is 1.24. The SMILES string of the molecule is Cc1ccc(C(=O)CCCl)c(F)c1. The third-order valence-corrected chi connectivity index (χ3v) is 1.94. The van der Waals surface area contributed by atoms with Gasteiger partial charge in [0.25, 0.3) is 0 Å². The van der Waals surface area contributed by atoms with Gasteiger partial charge in [-0.05, 0) is 24.6 Å². The summed E-state index contributed by atoms with van der Waals surface area (Å²) in [5.74, 6) is -0.478. The van der Waals surface area contributed by atoms with Crippen molar-refractivity contribution in [3.8, 4) is 0 Å². The first-order valence-electron chi connectivity index (χ1n) is 4.00. The molecule has 1 aromatic rings. The number of benzene rings is 1. The maximum atomic E-state index is 13.2. The van der Waals surface area contributed by atoms with E-state index in [1.807, 2.05) is 0 Å². The molecule has 0 aliphatic carbocycles. The van der Waals surface area contributed by atoms with Crippen molar-refractivity contribution in [2.24, 2.45) is 0 Å². The van der Waals surface area contributed by atoms with Gasteiger partial charge in [0.15, 0.2) is 5.78 Å². The van der Waals surface area contributed by atoms with Gasteiger partial charge in [-0.3, -0.25) is 4.79 Å². The van der Waals surface area contributed by atoms with Crippen LogP contribution in [0.25, 0.3) is 0 Å². The first-order valence-corrected chi connectivity index (χ1v) is 4.54. The zero-order valence-electron chi connectivity index (χ0n) is 7.31. The number of halogens is 2. The third kappa shape index (κ3) is 2.52. The van der Waals surface area contributed by atoms with Crippen molar-refractivity contribution < 1.29 is 9.18 Å². The number of alkyl halides is 1. The van der Waals surface area contributed by atoms with Gasteiger partial charge in [-0.1, -0.05) is 6.07 Å². The summed E-state index contributed by atoms with van der Waals surface area (Å²) in [6, 6.07) is 4.56. The largest absolute Gasteiger partial charge is 0.294 e. The maximum Gasteiger partial charge on any atom is 0.167 e. The molecule has 1 aromatic carbocycles. The quantitative estimate of drug-likeness (QED) is 0.542. The zero-order valence-corrected chi connectivity index (χ0v) is 8.07. The van der Waals surface area contributed by atoms with Crippen LogP contribution in [-0.2, 0) is 0 Å². The Hall–Kier alpha value is -0.890. The Bertz CT molecular complexity index is 323. The first-order chi connectivity index (χ1) is 6.15. The molecule has 0 saturated carbocycles. The topological polar surface area (TPSA) is 17.1 Å². The maximum absolute atomic E-state index is 13.2. The summed E-state index contributed by atoms with van der Waals surface area (Å²) in [6.07, 6.45) is 0.182. The average molecular weight is 201 g/mol. The van der Waals surface area contributed by atoms with Crippen molar-refractivity contribution in [2.45, 2.75) is 13.3 Å². The van der Waals surface area contributed by atoms with Crippen LogP contribution in [0.1, 0.15) is 22.3 Å². The van der Waals surface area contributed by atoms with E-state index in [0.717, 1.165) is 5.56 Å². The van der Waals surface area contributed by atoms with E-state index in [2.05, 4.69) is 0 Å². The number of carbonyl (C=O) groups excluding carboxylic acids is 1. The van der Waals surface area contributed by atoms with E-state index >= 15 is 0 Å². The molecule has 0 aromatic heterocycles. The molecule has 0 atom stereocenters. The number of ketones is 1. The second kappa shape index (κ2) is 4.38. The van der Waals surface area contributed by atoms with Crippen LogP contribution in [0.15, 0.2) is 18.2 Å². The highest BCUT2D eigenvalue weighted by Gasteiger charge is 2.10. The van der Waals surface area contributed by atoms with Gasteiger partial charge in [-0.25, -0.2) is 4.39 Å². The molecule has 0 N–H and O–H groups in total. The summed E-state index contributed by atoms with van der Waals surface area (Å²) in [6.45, 7) is 1.78. The molecule has 3 heteroatoms. The van der Waals surface area contributed by atoms with Crippen molar-refractivity contribution >= 4 is 17.4 Å². The van der Waals surface area contributed by atoms with Crippen molar-refractivity contribution in [2.75, 3.05) is 5.88 Å². The minimum absolute atomic E-state index is 0.131. The Morgan fingerprint density at radius 3 is 2.77 bits per heavy atom. The molecule has 70 valence electrons. The predicted molar refractivity (Wildman–Crippen MR) is 50.8 cm³/mol. The van der Waals surface area contributed by atoms with Crippen molar-refractivity contribution in [1.82, 2.24) is 0 Å². The second-order valence-corrected chi connectivity index (χ2v) is 3.22. The highest BCUT2D eigenvalue weighted by Crippen LogP contribution is 2.12. The Morgan fingerprint density at radius 2 is 2.23 bits per heavy atom. The van der Waals surface area contributed by atoms with Crippen LogP contribution in [0.3, 0.4) is 0 Å². The minimum atomic E-state index is -0.463. The summed E-state index contributed by atoms with van der Waals surface area (Å²) in [4.78, 5) is 11.3. The van der Waals surface area contributed by atoms with Crippen LogP contribution in [-0.4, -0.2) is 11.7 Å². The molecule has 0 spiro atoms. The molecule has 0 heterocycles. The monoisotopic (exact) mass is 200 g/mol. The number of carbonyl (C=O) groups is 1. The van der Waals surface area contributed by atoms with Crippen LogP contribution < -0.4 is 0 Å². The van der Waals surface area contributed by atoms with E-state index in [9.17, 15) is 9.18 Å². The van der Waals surface area contributed by atoms with Gasteiger partial charge in [0.1, 0.15) is 5.82 Å². The lowest BCUT2D eigenvalue weighted by Crippen LogP contribution is -2.02. The Morgan fingerprint density at radius 1 is 1.54 bits per heavy atom. The first kappa shape index (κ1) is 10.2. The summed E-state index contributed by atoms with van der Waals surface area (Å²) >= 11 is 5.39. The number of hydrogen-bond acceptors (Lipinski definition) is 1. The van der Waals surface area contributed by atoms with E-state index in [0.29, 0.717) is 0 Å². The number of hydrogen-bond donors (Lipinski definition) is 0. The average Bonchev–Trinajstić information content (AvgIpc) is 2.04. The normalized spacial score (nSPS) is 10.1. The summed E-state index contributed by atoms with van der Waals surface area (Å²) < 4.78 is 13.2. The van der Waals surface area contributed by atoms with Gasteiger partial charge in [0.05, 0.1) is 5.56 Å². The van der Waals surface area contributed by atoms with E-state index < -0.39 is 5.82 Å². The Balaban J connectivity index is 2.95. The molecule has 1 rings (SSSR count). The molecule has 0 aliphatic heterocycles. The smallest absolute Gasteiger partial charge is 0.167 e. The molecule has 0 amide bonds. The van der Waals surface area contributed by atoms with E-state index in [4.69, 9.17) is 11.6 Å². The van der Waals surface area contributed by atoms with Crippen LogP contribution >= 0.6 is 11.6 Å². The number of Topliss-reactive ketones (excluding diaryl/α,β-unsaturated/α-hetero) is 1. The molecule has 1 nitrogen and oxygen atoms in total. The lowest BCUT2D eigenvalue weighted by Gasteiger charge is -2.01. The highest BCUT2D eigenvalue weighted by molar-refractivity contribution is 6.19. The lowest BCUT2D eigenvalue weighted by atomic mass is 10.1. The van der Waals surface area contributed by atoms with E-state index in [1.54, 1.807) is 13.0 Å². The second-order valence-electron chi connectivity index (χ2n) is 2.85. The third-order valence-electron chi connectivity index (χ3n) is 1.75. The van der Waals surface area contributed by atoms with Gasteiger partial charge in [0, 0.05) is 12.3 Å². The fraction of sp³-hybridized carbons (Fsp3) is 0.300. The number of rotatable bonds is 3. The molecule has 0 bridgehead atoms. The minimum Gasteiger partial charge on any atom is -0.294 e. The van der Waals surface area contributed by atoms with Crippen LogP contribution in [0.2, 0.25) is 0 Å². The zero-order chi connectivity index (χ0) is 9.84. The Labute approximate surface area is 81.5 Å². The van der Waals surface area contributed by atoms with Gasteiger partial charge in [0.2, 0.25) is 0 Å². The highest BCUT2D eigenvalue weighted by atomic mass is 35.5. The van der Waals surface area contributed by atoms with Crippen LogP contribution in [0.4, 0.5) is 4.39 Å². The molecule has 0 radical (unpaired) electrons. The summed E-state index contributed by atoms with van der Waals surface area (Å²) in [7, 11) is 0. The van der Waals surface area contributed by atoms with Crippen molar-refractivity contribution in [3.63, 3.8) is 0 Å². The Kier molecular flexibility index (Phi) is 3.43. The van der Waals surface area contributed by atoms with E-state index in [1.165, 1.54) is 12.1 Å². The van der Waals surface area contributed by atoms with E-state index in [-0.39, 0.29) is 23.6 Å². The van der Waals surface area contributed by atoms with Gasteiger partial charge in [-0.2, -0.15) is 0 Å². The van der Waals surface area contributed by atoms with Crippen molar-refractivity contribution in [1.29, 1.82) is 0 Å². The van der Waals surface area contributed by atoms with Crippen LogP contribution in [0, 0.1) is 12.7 Å². The van der Waals surface area contributed by atoms with Gasteiger partial charge >= 0.3 is 0 Å². The molecule has 0 aliphatic rings. The summed E-state index contributed by atoms with van der Waals surface area (Å²) in [5, 5.41) is 0. The van der Waals surface area contributed by atoms with Gasteiger partial charge in [-0.15, -0.1) is 11.6 Å². The molecule has 13 heavy (non-hydrogen) atoms. The number of aryl methyl sites for hydroxylation is 1. The van der Waals surface area contributed by atoms with Gasteiger partial charge < -0.3 is 0 Å². The standard InChI is InChI=1S/C10H10ClFO/c1-7-2-3-8(9(12)6-7)10(13)4-5-11/h2-3,6H,4-5H2,1H3. The predicted octanol–water partition coefficient (Wildman–Crippen LogP) is 2.95.